The summed E-state index contributed by atoms with van der Waals surface area (Å²) in [5, 5.41) is 4.08. The summed E-state index contributed by atoms with van der Waals surface area (Å²) in [4.78, 5) is 20.5. The molecule has 0 unspecified atom stereocenters. The molecule has 0 saturated carbocycles. The maximum absolute atomic E-state index is 12.1. The second-order valence-electron chi connectivity index (χ2n) is 4.43. The van der Waals surface area contributed by atoms with Crippen LogP contribution in [0.15, 0.2) is 56.8 Å². The number of pyridine rings is 1. The average molecular weight is 263 g/mol. The molecule has 0 saturated heterocycles. The zero-order valence-corrected chi connectivity index (χ0v) is 10.3. The summed E-state index contributed by atoms with van der Waals surface area (Å²) in [6, 6.07) is 11.1. The highest BCUT2D eigenvalue weighted by molar-refractivity contribution is 6.04. The molecule has 96 valence electrons. The lowest BCUT2D eigenvalue weighted by Crippen LogP contribution is -2.09. The molecule has 5 nitrogen and oxygen atoms in total. The number of nitrogens with zero attached hydrogens (tertiary/aromatic N) is 2. The van der Waals surface area contributed by atoms with E-state index >= 15 is 0 Å². The molecule has 5 heteroatoms. The molecule has 1 aliphatic heterocycles. The molecule has 0 atom stereocenters. The van der Waals surface area contributed by atoms with Crippen LogP contribution in [0.25, 0.3) is 11.0 Å². The van der Waals surface area contributed by atoms with E-state index in [-0.39, 0.29) is 0 Å². The molecule has 0 amide bonds. The number of hydrogen-bond donors (Lipinski definition) is 1. The highest BCUT2D eigenvalue weighted by Crippen LogP contribution is 2.33. The van der Waals surface area contributed by atoms with Gasteiger partial charge in [0, 0.05) is 17.8 Å². The first-order valence-corrected chi connectivity index (χ1v) is 6.15. The summed E-state index contributed by atoms with van der Waals surface area (Å²) in [5.41, 5.74) is 2.00. The molecule has 1 aliphatic rings. The maximum atomic E-state index is 12.1. The lowest BCUT2D eigenvalue weighted by atomic mass is 10.1. The van der Waals surface area contributed by atoms with Gasteiger partial charge in [0.2, 0.25) is 0 Å². The number of fused-ring (bicyclic) bond motifs is 4. The number of hydrogen-bond acceptors (Lipinski definition) is 5. The van der Waals surface area contributed by atoms with Crippen LogP contribution in [-0.2, 0) is 0 Å². The molecule has 0 radical (unpaired) electrons. The number of benzene rings is 1. The predicted molar refractivity (Wildman–Crippen MR) is 77.3 cm³/mol. The zero-order valence-electron chi connectivity index (χ0n) is 10.3. The van der Waals surface area contributed by atoms with Crippen LogP contribution in [0.2, 0.25) is 0 Å². The van der Waals surface area contributed by atoms with Crippen LogP contribution >= 0.6 is 0 Å². The minimum Gasteiger partial charge on any atom is -0.422 e. The lowest BCUT2D eigenvalue weighted by molar-refractivity contribution is 0.560. The van der Waals surface area contributed by atoms with Crippen molar-refractivity contribution in [2.24, 2.45) is 4.99 Å². The van der Waals surface area contributed by atoms with E-state index in [1.54, 1.807) is 12.3 Å². The third-order valence-electron chi connectivity index (χ3n) is 3.21. The van der Waals surface area contributed by atoms with Crippen molar-refractivity contribution in [2.45, 2.75) is 0 Å². The van der Waals surface area contributed by atoms with Gasteiger partial charge in [-0.15, -0.1) is 0 Å². The molecular weight excluding hydrogens is 254 g/mol. The Kier molecular flexibility index (Phi) is 2.20. The van der Waals surface area contributed by atoms with Crippen molar-refractivity contribution in [3.63, 3.8) is 0 Å². The fraction of sp³-hybridized carbons (Fsp3) is 0. The van der Waals surface area contributed by atoms with Crippen molar-refractivity contribution < 1.29 is 4.42 Å². The van der Waals surface area contributed by atoms with Crippen LogP contribution in [0.1, 0.15) is 5.56 Å². The van der Waals surface area contributed by atoms with Crippen LogP contribution in [0, 0.1) is 0 Å². The number of aliphatic imine (C=N–C) groups is 1. The summed E-state index contributed by atoms with van der Waals surface area (Å²) in [5.74, 6) is 0.548. The number of aromatic nitrogens is 1. The first-order valence-electron chi connectivity index (χ1n) is 6.15. The molecule has 4 rings (SSSR count). The third kappa shape index (κ3) is 1.53. The summed E-state index contributed by atoms with van der Waals surface area (Å²) in [6.07, 6.45) is 3.16. The van der Waals surface area contributed by atoms with Crippen LogP contribution in [0.4, 0.5) is 17.2 Å². The van der Waals surface area contributed by atoms with E-state index in [0.29, 0.717) is 22.7 Å². The number of para-hydroxylation sites is 1. The van der Waals surface area contributed by atoms with Crippen LogP contribution < -0.4 is 10.9 Å². The van der Waals surface area contributed by atoms with E-state index in [0.717, 1.165) is 11.1 Å². The second kappa shape index (κ2) is 4.03. The minimum atomic E-state index is -0.414. The standard InChI is InChI=1S/C15H9N3O2/c19-15-10-8-17-14-11(5-3-7-16-14)18-13(10)9-4-1-2-6-12(9)20-15/h1-8,18H. The minimum absolute atomic E-state index is 0.404. The smallest absolute Gasteiger partial charge is 0.347 e. The molecule has 20 heavy (non-hydrogen) atoms. The first kappa shape index (κ1) is 10.9. The van der Waals surface area contributed by atoms with Crippen LogP contribution in [0.3, 0.4) is 0 Å². The van der Waals surface area contributed by atoms with E-state index in [2.05, 4.69) is 15.3 Å². The van der Waals surface area contributed by atoms with E-state index in [1.807, 2.05) is 30.3 Å². The fourth-order valence-corrected chi connectivity index (χ4v) is 2.27. The van der Waals surface area contributed by atoms with Crippen molar-refractivity contribution in [1.82, 2.24) is 4.98 Å². The van der Waals surface area contributed by atoms with E-state index in [1.165, 1.54) is 6.21 Å². The zero-order chi connectivity index (χ0) is 13.5. The molecule has 1 N–H and O–H groups in total. The van der Waals surface area contributed by atoms with Crippen LogP contribution in [0.5, 0.6) is 0 Å². The molecule has 0 fully saturated rings. The summed E-state index contributed by atoms with van der Waals surface area (Å²) in [6.45, 7) is 0. The Labute approximate surface area is 113 Å². The number of anilines is 2. The molecule has 0 aliphatic carbocycles. The molecular formula is C15H9N3O2. The van der Waals surface area contributed by atoms with Gasteiger partial charge in [-0.1, -0.05) is 12.1 Å². The van der Waals surface area contributed by atoms with Gasteiger partial charge in [-0.2, -0.15) is 0 Å². The Hall–Kier alpha value is -2.95. The largest absolute Gasteiger partial charge is 0.422 e. The van der Waals surface area contributed by atoms with Crippen molar-refractivity contribution in [3.8, 4) is 0 Å². The van der Waals surface area contributed by atoms with E-state index in [9.17, 15) is 4.79 Å². The average Bonchev–Trinajstić information content (AvgIpc) is 2.67. The first-order chi connectivity index (χ1) is 9.83. The van der Waals surface area contributed by atoms with Gasteiger partial charge in [0.05, 0.1) is 11.4 Å². The fourth-order valence-electron chi connectivity index (χ4n) is 2.27. The van der Waals surface area contributed by atoms with E-state index in [4.69, 9.17) is 4.42 Å². The van der Waals surface area contributed by atoms with Gasteiger partial charge in [0.15, 0.2) is 5.82 Å². The molecule has 0 bridgehead atoms. The van der Waals surface area contributed by atoms with Crippen molar-refractivity contribution in [2.75, 3.05) is 5.32 Å². The summed E-state index contributed by atoms with van der Waals surface area (Å²) < 4.78 is 5.31. The van der Waals surface area contributed by atoms with Gasteiger partial charge >= 0.3 is 5.63 Å². The number of nitrogens with one attached hydrogen (secondary N) is 1. The van der Waals surface area contributed by atoms with Gasteiger partial charge in [-0.3, -0.25) is 0 Å². The van der Waals surface area contributed by atoms with Gasteiger partial charge in [-0.25, -0.2) is 14.8 Å². The highest BCUT2D eigenvalue weighted by atomic mass is 16.4. The SMILES string of the molecule is O=c1oc2ccccc2c2c1C=Nc1ncccc1N2. The Balaban J connectivity index is 2.09. The Morgan fingerprint density at radius 1 is 1.10 bits per heavy atom. The summed E-state index contributed by atoms with van der Waals surface area (Å²) in [7, 11) is 0. The Morgan fingerprint density at radius 3 is 2.95 bits per heavy atom. The highest BCUT2D eigenvalue weighted by Gasteiger charge is 2.17. The predicted octanol–water partition coefficient (Wildman–Crippen LogP) is 3.00. The number of rotatable bonds is 0. The third-order valence-corrected chi connectivity index (χ3v) is 3.21. The van der Waals surface area contributed by atoms with Crippen molar-refractivity contribution in [3.05, 3.63) is 58.6 Å². The molecule has 3 heterocycles. The molecule has 0 spiro atoms. The van der Waals surface area contributed by atoms with Gasteiger partial charge in [0.1, 0.15) is 11.1 Å². The quantitative estimate of drug-likeness (QED) is 0.495. The van der Waals surface area contributed by atoms with Crippen molar-refractivity contribution >= 4 is 34.4 Å². The van der Waals surface area contributed by atoms with Gasteiger partial charge in [0.25, 0.3) is 0 Å². The Morgan fingerprint density at radius 2 is 2.00 bits per heavy atom. The van der Waals surface area contributed by atoms with Crippen LogP contribution in [-0.4, -0.2) is 11.2 Å². The van der Waals surface area contributed by atoms with E-state index < -0.39 is 5.63 Å². The lowest BCUT2D eigenvalue weighted by Gasteiger charge is -2.10. The Bertz CT molecular complexity index is 912. The maximum Gasteiger partial charge on any atom is 0.347 e. The molecule has 3 aromatic rings. The summed E-state index contributed by atoms with van der Waals surface area (Å²) >= 11 is 0. The molecule has 2 aromatic heterocycles. The van der Waals surface area contributed by atoms with Gasteiger partial charge in [-0.05, 0) is 24.3 Å². The topological polar surface area (TPSA) is 67.5 Å². The monoisotopic (exact) mass is 263 g/mol. The molecule has 1 aromatic carbocycles. The second-order valence-corrected chi connectivity index (χ2v) is 4.43. The normalized spacial score (nSPS) is 12.4. The van der Waals surface area contributed by atoms with Crippen molar-refractivity contribution in [1.29, 1.82) is 0 Å². The van der Waals surface area contributed by atoms with Gasteiger partial charge < -0.3 is 9.73 Å².